The Balaban J connectivity index is 1.49. The van der Waals surface area contributed by atoms with Gasteiger partial charge in [-0.1, -0.05) is 60.7 Å². The molecule has 8 nitrogen and oxygen atoms in total. The van der Waals surface area contributed by atoms with Gasteiger partial charge < -0.3 is 19.9 Å². The number of hydrogen-bond donors (Lipinski definition) is 2. The predicted molar refractivity (Wildman–Crippen MR) is 135 cm³/mol. The fourth-order valence-electron chi connectivity index (χ4n) is 4.95. The molecule has 2 aromatic heterocycles. The normalized spacial score (nSPS) is 15.9. The minimum absolute atomic E-state index is 0.0953. The molecule has 1 saturated heterocycles. The number of benzene rings is 2. The number of nitrogens with zero attached hydrogens (tertiary/aromatic N) is 4. The van der Waals surface area contributed by atoms with E-state index >= 15 is 0 Å². The molecule has 0 bridgehead atoms. The first kappa shape index (κ1) is 22.7. The monoisotopic (exact) mass is 471 g/mol. The fraction of sp³-hybridized carbons (Fsp3) is 0.296. The molecule has 180 valence electrons. The fourth-order valence-corrected chi connectivity index (χ4v) is 4.95. The molecule has 1 fully saturated rings. The zero-order valence-corrected chi connectivity index (χ0v) is 19.5. The molecule has 0 radical (unpaired) electrons. The third-order valence-electron chi connectivity index (χ3n) is 6.64. The topological polar surface area (TPSA) is 94.5 Å². The van der Waals surface area contributed by atoms with E-state index in [0.29, 0.717) is 38.2 Å². The van der Waals surface area contributed by atoms with Crippen LogP contribution < -0.4 is 10.6 Å². The smallest absolute Gasteiger partial charge is 0.407 e. The predicted octanol–water partition coefficient (Wildman–Crippen LogP) is 4.32. The summed E-state index contributed by atoms with van der Waals surface area (Å²) in [6.45, 7) is 2.76. The lowest BCUT2D eigenvalue weighted by Gasteiger charge is -2.30. The van der Waals surface area contributed by atoms with Crippen molar-refractivity contribution in [3.8, 4) is 0 Å². The molecule has 2 N–H and O–H groups in total. The Labute approximate surface area is 203 Å². The number of nitrogens with one attached hydrogen (secondary N) is 1. The minimum Gasteiger partial charge on any atom is -0.465 e. The van der Waals surface area contributed by atoms with Gasteiger partial charge in [-0.2, -0.15) is 0 Å². The van der Waals surface area contributed by atoms with Gasteiger partial charge >= 0.3 is 11.8 Å². The van der Waals surface area contributed by atoms with Crippen LogP contribution in [0.3, 0.4) is 0 Å². The molecule has 1 unspecified atom stereocenters. The molecule has 8 heteroatoms. The van der Waals surface area contributed by atoms with Crippen LogP contribution in [0, 0.1) is 5.92 Å². The summed E-state index contributed by atoms with van der Waals surface area (Å²) in [6, 6.07) is 22.3. The molecular weight excluding hydrogens is 442 g/mol. The minimum atomic E-state index is -0.898. The number of pyridine rings is 1. The SMILES string of the molecule is O=C(O)N1CCCC(Cn2c(=O)[nH]c3c(N(Cc4ccccc4)Cc4ccccc4)nccc32)C1. The average Bonchev–Trinajstić information content (AvgIpc) is 3.20. The highest BCUT2D eigenvalue weighted by molar-refractivity contribution is 5.86. The highest BCUT2D eigenvalue weighted by atomic mass is 16.4. The van der Waals surface area contributed by atoms with Crippen molar-refractivity contribution < 1.29 is 9.90 Å². The molecule has 1 aliphatic rings. The van der Waals surface area contributed by atoms with Crippen LogP contribution in [-0.4, -0.2) is 43.7 Å². The van der Waals surface area contributed by atoms with Crippen molar-refractivity contribution in [1.82, 2.24) is 19.4 Å². The van der Waals surface area contributed by atoms with E-state index in [2.05, 4.69) is 34.1 Å². The van der Waals surface area contributed by atoms with E-state index in [1.54, 1.807) is 10.8 Å². The number of fused-ring (bicyclic) bond motifs is 1. The second-order valence-electron chi connectivity index (χ2n) is 9.13. The summed E-state index contributed by atoms with van der Waals surface area (Å²) in [6.07, 6.45) is 2.55. The Bertz CT molecular complexity index is 1310. The number of H-pyrrole nitrogens is 1. The first-order valence-corrected chi connectivity index (χ1v) is 12.0. The van der Waals surface area contributed by atoms with Crippen LogP contribution in [0.2, 0.25) is 0 Å². The summed E-state index contributed by atoms with van der Waals surface area (Å²) in [4.78, 5) is 35.9. The van der Waals surface area contributed by atoms with E-state index in [1.807, 2.05) is 42.5 Å². The summed E-state index contributed by atoms with van der Waals surface area (Å²) in [5.41, 5.74) is 3.61. The Kier molecular flexibility index (Phi) is 6.52. The van der Waals surface area contributed by atoms with Gasteiger partial charge in [0.05, 0.1) is 5.52 Å². The van der Waals surface area contributed by atoms with Gasteiger partial charge in [0.2, 0.25) is 0 Å². The van der Waals surface area contributed by atoms with Gasteiger partial charge in [0, 0.05) is 38.9 Å². The van der Waals surface area contributed by atoms with Crippen LogP contribution in [-0.2, 0) is 19.6 Å². The molecule has 4 aromatic rings. The largest absolute Gasteiger partial charge is 0.465 e. The van der Waals surface area contributed by atoms with Gasteiger partial charge in [0.1, 0.15) is 5.52 Å². The Morgan fingerprint density at radius 2 is 1.69 bits per heavy atom. The van der Waals surface area contributed by atoms with E-state index in [-0.39, 0.29) is 11.6 Å². The molecule has 35 heavy (non-hydrogen) atoms. The number of hydrogen-bond acceptors (Lipinski definition) is 4. The van der Waals surface area contributed by atoms with Crippen LogP contribution in [0.4, 0.5) is 10.6 Å². The van der Waals surface area contributed by atoms with Crippen LogP contribution in [0.25, 0.3) is 11.0 Å². The van der Waals surface area contributed by atoms with E-state index in [9.17, 15) is 14.7 Å². The third kappa shape index (κ3) is 5.06. The summed E-state index contributed by atoms with van der Waals surface area (Å²) in [5.74, 6) is 0.819. The van der Waals surface area contributed by atoms with Crippen molar-refractivity contribution in [2.24, 2.45) is 5.92 Å². The second kappa shape index (κ2) is 10.0. The third-order valence-corrected chi connectivity index (χ3v) is 6.64. The Morgan fingerprint density at radius 1 is 1.03 bits per heavy atom. The zero-order chi connectivity index (χ0) is 24.2. The Hall–Kier alpha value is -4.07. The van der Waals surface area contributed by atoms with E-state index in [0.717, 1.165) is 35.3 Å². The van der Waals surface area contributed by atoms with Crippen molar-refractivity contribution in [3.05, 3.63) is 94.5 Å². The van der Waals surface area contributed by atoms with Gasteiger partial charge in [-0.3, -0.25) is 4.57 Å². The molecule has 1 atom stereocenters. The number of likely N-dealkylation sites (tertiary alicyclic amines) is 1. The maximum absolute atomic E-state index is 13.1. The molecule has 5 rings (SSSR count). The first-order chi connectivity index (χ1) is 17.1. The molecule has 0 aliphatic carbocycles. The number of amides is 1. The van der Waals surface area contributed by atoms with Gasteiger partial charge in [-0.25, -0.2) is 14.6 Å². The summed E-state index contributed by atoms with van der Waals surface area (Å²) in [5, 5.41) is 9.39. The van der Waals surface area contributed by atoms with E-state index in [4.69, 9.17) is 4.98 Å². The molecule has 1 amide bonds. The van der Waals surface area contributed by atoms with Crippen LogP contribution in [0.1, 0.15) is 24.0 Å². The number of carbonyl (C=O) groups is 1. The lowest BCUT2D eigenvalue weighted by atomic mass is 9.98. The van der Waals surface area contributed by atoms with Crippen LogP contribution in [0.15, 0.2) is 77.7 Å². The lowest BCUT2D eigenvalue weighted by Crippen LogP contribution is -2.41. The average molecular weight is 472 g/mol. The molecule has 1 aliphatic heterocycles. The number of rotatable bonds is 7. The maximum Gasteiger partial charge on any atom is 0.407 e. The molecule has 3 heterocycles. The lowest BCUT2D eigenvalue weighted by molar-refractivity contribution is 0.116. The highest BCUT2D eigenvalue weighted by Crippen LogP contribution is 2.27. The standard InChI is InChI=1S/C27H29N5O3/c33-26-29-24-23(32(26)19-22-12-7-15-30(18-22)27(34)35)13-14-28-25(24)31(16-20-8-3-1-4-9-20)17-21-10-5-2-6-11-21/h1-6,8-11,13-14,22H,7,12,15-19H2,(H,29,33)(H,34,35). The van der Waals surface area contributed by atoms with Crippen molar-refractivity contribution in [1.29, 1.82) is 0 Å². The quantitative estimate of drug-likeness (QED) is 0.419. The number of piperidine rings is 1. The van der Waals surface area contributed by atoms with Gasteiger partial charge in [0.25, 0.3) is 0 Å². The molecule has 0 saturated carbocycles. The van der Waals surface area contributed by atoms with Crippen molar-refractivity contribution in [2.45, 2.75) is 32.5 Å². The molecular formula is C27H29N5O3. The van der Waals surface area contributed by atoms with Crippen molar-refractivity contribution >= 4 is 22.9 Å². The Morgan fingerprint density at radius 3 is 2.31 bits per heavy atom. The maximum atomic E-state index is 13.1. The number of aromatic nitrogens is 3. The van der Waals surface area contributed by atoms with Gasteiger partial charge in [-0.15, -0.1) is 0 Å². The highest BCUT2D eigenvalue weighted by Gasteiger charge is 2.25. The molecule has 2 aromatic carbocycles. The van der Waals surface area contributed by atoms with Crippen molar-refractivity contribution in [2.75, 3.05) is 18.0 Å². The van der Waals surface area contributed by atoms with Crippen LogP contribution in [0.5, 0.6) is 0 Å². The number of imidazole rings is 1. The number of aromatic amines is 1. The zero-order valence-electron chi connectivity index (χ0n) is 19.5. The summed E-state index contributed by atoms with van der Waals surface area (Å²) >= 11 is 0. The van der Waals surface area contributed by atoms with Crippen LogP contribution >= 0.6 is 0 Å². The summed E-state index contributed by atoms with van der Waals surface area (Å²) in [7, 11) is 0. The molecule has 0 spiro atoms. The first-order valence-electron chi connectivity index (χ1n) is 12.0. The number of carboxylic acid groups (broad SMARTS) is 1. The van der Waals surface area contributed by atoms with E-state index < -0.39 is 6.09 Å². The van der Waals surface area contributed by atoms with Crippen molar-refractivity contribution in [3.63, 3.8) is 0 Å². The number of anilines is 1. The van der Waals surface area contributed by atoms with Gasteiger partial charge in [0.15, 0.2) is 5.82 Å². The summed E-state index contributed by atoms with van der Waals surface area (Å²) < 4.78 is 1.74. The van der Waals surface area contributed by atoms with Gasteiger partial charge in [-0.05, 0) is 36.0 Å². The van der Waals surface area contributed by atoms with E-state index in [1.165, 1.54) is 4.90 Å². The second-order valence-corrected chi connectivity index (χ2v) is 9.13.